The Morgan fingerprint density at radius 2 is 2.19 bits per heavy atom. The molecule has 3 aliphatic rings. The Bertz CT molecular complexity index is 792. The van der Waals surface area contributed by atoms with Crippen molar-refractivity contribution < 1.29 is 9.32 Å². The number of fused-ring (bicyclic) bond motifs is 1. The van der Waals surface area contributed by atoms with Crippen LogP contribution in [0.5, 0.6) is 0 Å². The molecule has 1 aliphatic heterocycles. The zero-order chi connectivity index (χ0) is 17.6. The standard InChI is InChI=1S/C20H25N3O2S/c24-19(18-15-3-1-2-4-16(15)25-22-18)23(12-14-5-10-26-13-14)17-11-20(17)6-8-21-9-7-20/h5,10,13,17,21H,1-4,6-9,11-12H2/t17-/m1/s1. The van der Waals surface area contributed by atoms with Gasteiger partial charge in [0.15, 0.2) is 5.69 Å². The molecule has 2 aromatic heterocycles. The minimum absolute atomic E-state index is 0.0727. The maximum Gasteiger partial charge on any atom is 0.276 e. The molecule has 0 radical (unpaired) electrons. The molecule has 1 saturated heterocycles. The highest BCUT2D eigenvalue weighted by atomic mass is 32.1. The van der Waals surface area contributed by atoms with E-state index in [1.807, 2.05) is 0 Å². The first-order valence-electron chi connectivity index (χ1n) is 9.77. The number of amides is 1. The van der Waals surface area contributed by atoms with Gasteiger partial charge in [0, 0.05) is 24.6 Å². The van der Waals surface area contributed by atoms with Crippen LogP contribution in [0.25, 0.3) is 0 Å². The molecule has 3 heterocycles. The average molecular weight is 372 g/mol. The summed E-state index contributed by atoms with van der Waals surface area (Å²) >= 11 is 1.69. The Hall–Kier alpha value is -1.66. The summed E-state index contributed by atoms with van der Waals surface area (Å²) in [7, 11) is 0. The van der Waals surface area contributed by atoms with Crippen LogP contribution in [0.4, 0.5) is 0 Å². The molecule has 1 amide bonds. The number of carbonyl (C=O) groups is 1. The molecule has 0 unspecified atom stereocenters. The molecule has 0 aromatic carbocycles. The van der Waals surface area contributed by atoms with E-state index < -0.39 is 0 Å². The van der Waals surface area contributed by atoms with E-state index in [4.69, 9.17) is 4.52 Å². The van der Waals surface area contributed by atoms with Crippen LogP contribution in [0.2, 0.25) is 0 Å². The van der Waals surface area contributed by atoms with Gasteiger partial charge in [-0.2, -0.15) is 11.3 Å². The molecule has 138 valence electrons. The van der Waals surface area contributed by atoms with E-state index in [9.17, 15) is 4.79 Å². The SMILES string of the molecule is O=C(c1noc2c1CCCC2)N(Cc1ccsc1)[C@@H]1CC12CCNCC2. The van der Waals surface area contributed by atoms with Crippen LogP contribution in [0.1, 0.15) is 59.5 Å². The van der Waals surface area contributed by atoms with Crippen molar-refractivity contribution in [1.29, 1.82) is 0 Å². The molecule has 2 aliphatic carbocycles. The highest BCUT2D eigenvalue weighted by Crippen LogP contribution is 2.56. The molecule has 1 N–H and O–H groups in total. The summed E-state index contributed by atoms with van der Waals surface area (Å²) in [5.41, 5.74) is 3.18. The van der Waals surface area contributed by atoms with Crippen molar-refractivity contribution in [3.05, 3.63) is 39.4 Å². The van der Waals surface area contributed by atoms with Crippen molar-refractivity contribution in [3.63, 3.8) is 0 Å². The van der Waals surface area contributed by atoms with Gasteiger partial charge in [-0.25, -0.2) is 0 Å². The maximum absolute atomic E-state index is 13.5. The molecule has 0 bridgehead atoms. The number of aromatic nitrogens is 1. The van der Waals surface area contributed by atoms with E-state index in [1.165, 1.54) is 18.4 Å². The summed E-state index contributed by atoms with van der Waals surface area (Å²) in [6.07, 6.45) is 7.56. The summed E-state index contributed by atoms with van der Waals surface area (Å²) < 4.78 is 5.53. The van der Waals surface area contributed by atoms with E-state index in [1.54, 1.807) is 11.3 Å². The zero-order valence-electron chi connectivity index (χ0n) is 15.0. The van der Waals surface area contributed by atoms with Crippen molar-refractivity contribution in [3.8, 4) is 0 Å². The van der Waals surface area contributed by atoms with E-state index in [0.29, 0.717) is 23.7 Å². The van der Waals surface area contributed by atoms with Crippen LogP contribution in [-0.4, -0.2) is 35.1 Å². The minimum atomic E-state index is 0.0727. The Morgan fingerprint density at radius 1 is 1.35 bits per heavy atom. The molecular formula is C20H25N3O2S. The average Bonchev–Trinajstić information content (AvgIpc) is 3.08. The van der Waals surface area contributed by atoms with Crippen molar-refractivity contribution in [1.82, 2.24) is 15.4 Å². The number of nitrogens with zero attached hydrogens (tertiary/aromatic N) is 2. The highest BCUT2D eigenvalue weighted by molar-refractivity contribution is 7.07. The summed E-state index contributed by atoms with van der Waals surface area (Å²) in [4.78, 5) is 15.6. The summed E-state index contributed by atoms with van der Waals surface area (Å²) in [6.45, 7) is 2.82. The number of aryl methyl sites for hydroxylation is 1. The van der Waals surface area contributed by atoms with Crippen LogP contribution >= 0.6 is 11.3 Å². The quantitative estimate of drug-likeness (QED) is 0.895. The van der Waals surface area contributed by atoms with Crippen LogP contribution in [0, 0.1) is 5.41 Å². The van der Waals surface area contributed by atoms with E-state index in [0.717, 1.165) is 56.5 Å². The third-order valence-electron chi connectivity index (χ3n) is 6.47. The van der Waals surface area contributed by atoms with Gasteiger partial charge in [0.1, 0.15) is 5.76 Å². The molecule has 1 atom stereocenters. The molecule has 1 spiro atoms. The van der Waals surface area contributed by atoms with E-state index in [2.05, 4.69) is 32.2 Å². The summed E-state index contributed by atoms with van der Waals surface area (Å²) in [5, 5.41) is 11.9. The highest BCUT2D eigenvalue weighted by Gasteiger charge is 2.58. The fraction of sp³-hybridized carbons (Fsp3) is 0.600. The second-order valence-electron chi connectivity index (χ2n) is 8.04. The number of piperidine rings is 1. The first-order valence-corrected chi connectivity index (χ1v) is 10.7. The number of nitrogens with one attached hydrogen (secondary N) is 1. The predicted molar refractivity (Wildman–Crippen MR) is 100 cm³/mol. The third-order valence-corrected chi connectivity index (χ3v) is 7.20. The Morgan fingerprint density at radius 3 is 3.00 bits per heavy atom. The lowest BCUT2D eigenvalue weighted by Gasteiger charge is -2.29. The van der Waals surface area contributed by atoms with E-state index >= 15 is 0 Å². The van der Waals surface area contributed by atoms with Gasteiger partial charge in [0.2, 0.25) is 0 Å². The van der Waals surface area contributed by atoms with Crippen molar-refractivity contribution in [2.45, 2.75) is 57.5 Å². The fourth-order valence-electron chi connectivity index (χ4n) is 4.82. The van der Waals surface area contributed by atoms with Gasteiger partial charge < -0.3 is 14.7 Å². The summed E-state index contributed by atoms with van der Waals surface area (Å²) in [6, 6.07) is 2.47. The van der Waals surface area contributed by atoms with Gasteiger partial charge in [0.05, 0.1) is 0 Å². The van der Waals surface area contributed by atoms with Gasteiger partial charge in [-0.1, -0.05) is 5.16 Å². The van der Waals surface area contributed by atoms with Crippen molar-refractivity contribution in [2.24, 2.45) is 5.41 Å². The second kappa shape index (κ2) is 6.50. The number of carbonyl (C=O) groups excluding carboxylic acids is 1. The topological polar surface area (TPSA) is 58.4 Å². The second-order valence-corrected chi connectivity index (χ2v) is 8.82. The van der Waals surface area contributed by atoms with Crippen LogP contribution in [0.3, 0.4) is 0 Å². The first kappa shape index (κ1) is 16.5. The number of thiophene rings is 1. The van der Waals surface area contributed by atoms with Crippen LogP contribution < -0.4 is 5.32 Å². The third kappa shape index (κ3) is 2.79. The largest absolute Gasteiger partial charge is 0.360 e. The molecule has 5 nitrogen and oxygen atoms in total. The van der Waals surface area contributed by atoms with Crippen molar-refractivity contribution >= 4 is 17.2 Å². The first-order chi connectivity index (χ1) is 12.8. The Kier molecular flexibility index (Phi) is 4.13. The normalized spacial score (nSPS) is 23.6. The van der Waals surface area contributed by atoms with Gasteiger partial charge in [-0.15, -0.1) is 0 Å². The Labute approximate surface area is 157 Å². The van der Waals surface area contributed by atoms with Gasteiger partial charge in [0.25, 0.3) is 5.91 Å². The molecule has 5 rings (SSSR count). The minimum Gasteiger partial charge on any atom is -0.360 e. The number of hydrogen-bond acceptors (Lipinski definition) is 5. The molecular weight excluding hydrogens is 346 g/mol. The smallest absolute Gasteiger partial charge is 0.276 e. The van der Waals surface area contributed by atoms with Crippen LogP contribution in [-0.2, 0) is 19.4 Å². The monoisotopic (exact) mass is 371 g/mol. The zero-order valence-corrected chi connectivity index (χ0v) is 15.8. The lowest BCUT2D eigenvalue weighted by molar-refractivity contribution is 0.0681. The Balaban J connectivity index is 1.44. The van der Waals surface area contributed by atoms with E-state index in [-0.39, 0.29) is 5.91 Å². The lowest BCUT2D eigenvalue weighted by Crippen LogP contribution is -2.39. The van der Waals surface area contributed by atoms with Gasteiger partial charge >= 0.3 is 0 Å². The summed E-state index contributed by atoms with van der Waals surface area (Å²) in [5.74, 6) is 1.01. The fourth-order valence-corrected chi connectivity index (χ4v) is 5.48. The number of hydrogen-bond donors (Lipinski definition) is 1. The number of rotatable bonds is 4. The maximum atomic E-state index is 13.5. The lowest BCUT2D eigenvalue weighted by atomic mass is 9.93. The molecule has 6 heteroatoms. The van der Waals surface area contributed by atoms with Gasteiger partial charge in [-0.3, -0.25) is 4.79 Å². The van der Waals surface area contributed by atoms with Crippen molar-refractivity contribution in [2.75, 3.05) is 13.1 Å². The predicted octanol–water partition coefficient (Wildman–Crippen LogP) is 3.40. The molecule has 26 heavy (non-hydrogen) atoms. The molecule has 2 aromatic rings. The van der Waals surface area contributed by atoms with Crippen LogP contribution in [0.15, 0.2) is 21.3 Å². The molecule has 2 fully saturated rings. The molecule has 1 saturated carbocycles. The van der Waals surface area contributed by atoms with Gasteiger partial charge in [-0.05, 0) is 79.4 Å².